The van der Waals surface area contributed by atoms with Crippen LogP contribution in [0.15, 0.2) is 35.9 Å². The number of carbonyl (C=O) groups excluding carboxylic acids is 4. The van der Waals surface area contributed by atoms with Crippen molar-refractivity contribution in [2.45, 2.75) is 338 Å². The predicted octanol–water partition coefficient (Wildman–Crippen LogP) is -0.857. The van der Waals surface area contributed by atoms with Crippen molar-refractivity contribution >= 4 is 52.6 Å². The molecule has 11 aliphatic rings. The minimum Gasteiger partial charge on any atom is -0.479 e. The van der Waals surface area contributed by atoms with Crippen LogP contribution in [-0.2, 0) is 80.8 Å². The van der Waals surface area contributed by atoms with Crippen LogP contribution in [0.25, 0.3) is 0 Å². The first-order valence-electron chi connectivity index (χ1n) is 41.8. The average Bonchev–Trinajstić information content (AvgIpc) is 0.670. The fourth-order valence-electron chi connectivity index (χ4n) is 20.7. The van der Waals surface area contributed by atoms with Gasteiger partial charge in [-0.3, -0.25) is 14.4 Å². The molecule has 6 aliphatic heterocycles. The van der Waals surface area contributed by atoms with Crippen LogP contribution in [0.2, 0.25) is 0 Å². The van der Waals surface area contributed by atoms with Crippen LogP contribution in [0, 0.1) is 66.7 Å². The number of ether oxygens (including phenoxy) is 12. The van der Waals surface area contributed by atoms with Gasteiger partial charge in [-0.25, -0.2) is 4.79 Å². The monoisotopic (exact) mass is 1830 g/mol. The summed E-state index contributed by atoms with van der Waals surface area (Å²) in [4.78, 5) is 61.1. The second kappa shape index (κ2) is 41.5. The zero-order valence-electron chi connectivity index (χ0n) is 70.7. The number of aldehydes is 1. The quantitative estimate of drug-likeness (QED) is 0.0234. The molecule has 0 aromatic heterocycles. The van der Waals surface area contributed by atoms with Gasteiger partial charge in [0, 0.05) is 36.0 Å². The fraction of sp³-hybridized carbons (Fsp3) is 0.843. The summed E-state index contributed by atoms with van der Waals surface area (Å²) in [6.45, 7) is 21.6. The molecule has 0 radical (unpaired) electrons. The molecule has 10 fully saturated rings. The zero-order valence-corrected chi connectivity index (χ0v) is 72.8. The van der Waals surface area contributed by atoms with Gasteiger partial charge in [-0.1, -0.05) is 84.2 Å². The van der Waals surface area contributed by atoms with Gasteiger partial charge in [0.25, 0.3) is 0 Å². The molecule has 6 heterocycles. The zero-order chi connectivity index (χ0) is 89.0. The molecule has 2 amide bonds. The Hall–Kier alpha value is -3.84. The van der Waals surface area contributed by atoms with Crippen LogP contribution in [-0.4, -0.2) is 342 Å². The number of carbonyl (C=O) groups is 5. The number of fused-ring (bicyclic) bond motifs is 7. The highest BCUT2D eigenvalue weighted by Crippen LogP contribution is 2.76. The number of nitrogens with one attached hydrogen (secondary N) is 2. The maximum Gasteiger partial charge on any atom is 0.335 e. The largest absolute Gasteiger partial charge is 0.479 e. The summed E-state index contributed by atoms with van der Waals surface area (Å²) in [6.07, 6.45) is -27.1. The predicted molar refractivity (Wildman–Crippen MR) is 427 cm³/mol. The van der Waals surface area contributed by atoms with Crippen molar-refractivity contribution in [2.75, 3.05) is 47.2 Å². The van der Waals surface area contributed by atoms with Gasteiger partial charge in [-0.15, -0.1) is 0 Å². The Morgan fingerprint density at radius 1 is 0.583 bits per heavy atom. The lowest BCUT2D eigenvalue weighted by Gasteiger charge is -2.71. The van der Waals surface area contributed by atoms with Crippen molar-refractivity contribution in [1.82, 2.24) is 10.6 Å². The van der Waals surface area contributed by atoms with E-state index in [1.165, 1.54) is 48.4 Å². The van der Waals surface area contributed by atoms with Gasteiger partial charge in [-0.05, 0) is 171 Å². The van der Waals surface area contributed by atoms with Crippen molar-refractivity contribution in [2.24, 2.45) is 56.2 Å². The second-order valence-electron chi connectivity index (χ2n) is 36.4. The van der Waals surface area contributed by atoms with E-state index < -0.39 is 209 Å². The third-order valence-electron chi connectivity index (χ3n) is 28.3. The highest BCUT2D eigenvalue weighted by Gasteiger charge is 2.72. The Balaban J connectivity index is 0.000000196. The molecule has 37 heteroatoms. The lowest BCUT2D eigenvalue weighted by Crippen LogP contribution is -2.67. The number of allylic oxidation sites excluding steroid dienone is 2. The first kappa shape index (κ1) is 99.9. The van der Waals surface area contributed by atoms with Gasteiger partial charge in [-0.2, -0.15) is 0 Å². The number of hydrogen-bond donors (Lipinski definition) is 19. The molecule has 6 saturated heterocycles. The molecule has 686 valence electrons. The number of amides is 2. The van der Waals surface area contributed by atoms with Gasteiger partial charge in [0.1, 0.15) is 128 Å². The molecule has 5 aliphatic carbocycles. The molecule has 38 atom stereocenters. The number of hydrogen-bond acceptors (Lipinski definition) is 33. The number of methoxy groups -OCH3 is 2. The molecule has 4 saturated carbocycles. The number of aliphatic hydroxyl groups excluding tert-OH is 16. The number of unbranched alkanes of at least 4 members (excludes halogenated alkanes) is 2. The number of carboxylic acid groups (broad SMARTS) is 1. The van der Waals surface area contributed by atoms with Crippen LogP contribution in [0.5, 0.6) is 0 Å². The minimum absolute atomic E-state index is 0.0253. The first-order valence-corrected chi connectivity index (χ1v) is 42.9. The number of carboxylic acids is 1. The normalized spacial score (nSPS) is 45.8. The van der Waals surface area contributed by atoms with Gasteiger partial charge in [0.15, 0.2) is 37.6 Å². The molecular weight excluding hydrogens is 1700 g/mol. The van der Waals surface area contributed by atoms with Crippen LogP contribution < -0.4 is 10.6 Å². The summed E-state index contributed by atoms with van der Waals surface area (Å²) in [7, 11) is 2.59. The van der Waals surface area contributed by atoms with E-state index in [0.717, 1.165) is 45.6 Å². The number of rotatable bonds is 21. The Morgan fingerprint density at radius 3 is 1.71 bits per heavy atom. The van der Waals surface area contributed by atoms with Crippen molar-refractivity contribution in [3.63, 3.8) is 0 Å². The molecule has 19 N–H and O–H groups in total. The maximum absolute atomic E-state index is 13.4. The molecule has 0 spiro atoms. The SMILES string of the molecule is CC(=O)NCCCCCC(=O)N[C@@H]1C(O)C(O[C@@H]2OC(C)[C@H](O[C@@H]3OC[C@@H](O)C(O)C3O)C(O)C2O)[C@H](C)O[C@@H]1CO.COC(=O)[C@]12CCC(C)(C)CC1C1=CCC3C4(C)CC[C@H](C)[C@](C)(C=O)[C@@H]4CC[C@]3(C)[C@]1(C)C[C@H]2O.CO[C@@H]1OC(C(=O)O)[C@@H](O)[C@H](O[C@@H]2OC[C@@H](O)[C@H](O)C2O)C1O[C@@H]1OC(CO)[C@H](O)[C@H](O)C1O.Cc1ccc(I)cc1. The van der Waals surface area contributed by atoms with E-state index in [2.05, 4.69) is 119 Å². The molecule has 0 bridgehead atoms. The van der Waals surface area contributed by atoms with Gasteiger partial charge in [0.2, 0.25) is 11.8 Å². The highest BCUT2D eigenvalue weighted by atomic mass is 127. The first-order chi connectivity index (χ1) is 56.3. The summed E-state index contributed by atoms with van der Waals surface area (Å²) in [5.41, 5.74) is 1.76. The summed E-state index contributed by atoms with van der Waals surface area (Å²) >= 11 is 2.30. The number of esters is 1. The number of halogens is 1. The van der Waals surface area contributed by atoms with Crippen molar-refractivity contribution < 1.29 is 168 Å². The topological polar surface area (TPSA) is 564 Å². The van der Waals surface area contributed by atoms with E-state index in [-0.39, 0.29) is 63.8 Å². The standard InChI is InChI=1S/C32H50O4.C26H46N2O14.C18H30O16.C7H7I/c1-20-11-13-28(4)23(29(20,5)19-33)12-14-30(6)24(28)10-9-21-22-17-27(2,3)15-16-32(22,26(35)36-8)25(34)18-31(21,30)7;1-11-23(19(34)17(15(9-29)39-11)28-16(32)7-5-4-6-8-27-13(3)30)42-26-22(37)20(35)24(12(2)40-26)41-25-21(36)18(33)14(31)10-38-25;1-29-18-14(34-17-10(25)8(23)7(22)5(2-19)31-17)12(11(26)13(33-18)15(27)28)32-16-9(24)6(21)4(20)3-30-16;1-6-2-4-7(8)5-3-6/h9,19-20,22-25,34H,10-18H2,1-8H3;11-12,14-15,17-26,29,31,33-37H,4-10H2,1-3H3,(H,27,30)(H,28,32);4-14,16-26H,2-3H2,1H3,(H,27,28);2-5H,1H3/t20-,22?,23+,24?,25+,28?,29-,30-,31+,32+;11-,12?,14+,15+,17-,18?,19?,20?,21?,22?,23?,24-,25-,26-;4-,5?,6+,7+,8+,9?,10?,11+,12+,13?,14?,16+,17+,18-;/m001./s1. The molecule has 120 heavy (non-hydrogen) atoms. The van der Waals surface area contributed by atoms with Gasteiger partial charge >= 0.3 is 11.9 Å². The van der Waals surface area contributed by atoms with Gasteiger partial charge < -0.3 is 159 Å². The Kier molecular flexibility index (Phi) is 34.6. The average molecular weight is 1830 g/mol. The summed E-state index contributed by atoms with van der Waals surface area (Å²) in [5, 5.41) is 179. The van der Waals surface area contributed by atoms with E-state index >= 15 is 0 Å². The summed E-state index contributed by atoms with van der Waals surface area (Å²) in [6, 6.07) is 7.39. The lowest BCUT2D eigenvalue weighted by atomic mass is 9.33. The highest BCUT2D eigenvalue weighted by molar-refractivity contribution is 14.1. The molecular formula is C83H133IN2O34. The van der Waals surface area contributed by atoms with E-state index in [0.29, 0.717) is 56.4 Å². The number of benzene rings is 1. The van der Waals surface area contributed by atoms with Crippen LogP contribution >= 0.6 is 22.6 Å². The fourth-order valence-corrected chi connectivity index (χ4v) is 21.1. The van der Waals surface area contributed by atoms with Crippen molar-refractivity contribution in [3.05, 3.63) is 45.0 Å². The van der Waals surface area contributed by atoms with Crippen LogP contribution in [0.1, 0.15) is 158 Å². The molecule has 12 rings (SSSR count). The molecule has 15 unspecified atom stereocenters. The summed E-state index contributed by atoms with van der Waals surface area (Å²) in [5.74, 6) is -1.00. The minimum atomic E-state index is -1.97. The lowest BCUT2D eigenvalue weighted by molar-refractivity contribution is -0.382. The number of aliphatic carboxylic acids is 1. The Labute approximate surface area is 713 Å². The number of aliphatic hydroxyl groups is 16. The van der Waals surface area contributed by atoms with E-state index in [1.54, 1.807) is 6.92 Å². The van der Waals surface area contributed by atoms with E-state index in [4.69, 9.17) is 56.8 Å². The van der Waals surface area contributed by atoms with E-state index in [9.17, 15) is 111 Å². The molecule has 1 aromatic carbocycles. The third-order valence-corrected chi connectivity index (χ3v) is 29.0. The smallest absolute Gasteiger partial charge is 0.335 e. The van der Waals surface area contributed by atoms with Crippen LogP contribution in [0.3, 0.4) is 0 Å². The van der Waals surface area contributed by atoms with Gasteiger partial charge in [0.05, 0.1) is 57.9 Å². The van der Waals surface area contributed by atoms with Crippen molar-refractivity contribution in [3.8, 4) is 0 Å². The third kappa shape index (κ3) is 20.8. The van der Waals surface area contributed by atoms with Crippen molar-refractivity contribution in [1.29, 1.82) is 0 Å². The Morgan fingerprint density at radius 2 is 1.14 bits per heavy atom. The molecule has 36 nitrogen and oxygen atoms in total. The molecule has 1 aromatic rings. The summed E-state index contributed by atoms with van der Waals surface area (Å²) < 4.78 is 66.8. The number of aryl methyl sites for hydroxylation is 1. The maximum atomic E-state index is 13.4. The van der Waals surface area contributed by atoms with Crippen LogP contribution in [0.4, 0.5) is 0 Å². The Bertz CT molecular complexity index is 3530. The second-order valence-corrected chi connectivity index (χ2v) is 37.7. The van der Waals surface area contributed by atoms with E-state index in [1.807, 2.05) is 0 Å².